The molecule has 27 heavy (non-hydrogen) atoms. The third kappa shape index (κ3) is 3.37. The zero-order chi connectivity index (χ0) is 19.0. The number of aromatic nitrogens is 4. The van der Waals surface area contributed by atoms with Crippen molar-refractivity contribution in [3.63, 3.8) is 0 Å². The summed E-state index contributed by atoms with van der Waals surface area (Å²) in [7, 11) is 0. The van der Waals surface area contributed by atoms with Crippen LogP contribution in [0.4, 0.5) is 0 Å². The first kappa shape index (κ1) is 17.5. The van der Waals surface area contributed by atoms with Crippen LogP contribution >= 0.6 is 0 Å². The van der Waals surface area contributed by atoms with Crippen LogP contribution in [0, 0.1) is 6.92 Å². The minimum absolute atomic E-state index is 0.00505. The van der Waals surface area contributed by atoms with Crippen LogP contribution in [0.25, 0.3) is 5.78 Å². The number of hydrogen-bond acceptors (Lipinski definition) is 4. The molecule has 7 heteroatoms. The number of fused-ring (bicyclic) bond motifs is 2. The van der Waals surface area contributed by atoms with E-state index in [1.807, 2.05) is 6.92 Å². The Morgan fingerprint density at radius 2 is 2.07 bits per heavy atom. The number of aryl methyl sites for hydroxylation is 3. The molecule has 4 rings (SSSR count). The van der Waals surface area contributed by atoms with Crippen LogP contribution < -0.4 is 10.9 Å². The normalized spacial score (nSPS) is 14.7. The number of carbonyl (C=O) groups is 1. The molecule has 0 bridgehead atoms. The molecule has 1 aliphatic carbocycles. The molecule has 1 unspecified atom stereocenters. The first-order valence-electron chi connectivity index (χ1n) is 9.35. The van der Waals surface area contributed by atoms with E-state index in [0.29, 0.717) is 17.0 Å². The second-order valence-corrected chi connectivity index (χ2v) is 7.20. The molecular formula is C20H23N5O2. The van der Waals surface area contributed by atoms with Gasteiger partial charge in [-0.05, 0) is 56.2 Å². The first-order valence-corrected chi connectivity index (χ1v) is 9.35. The second-order valence-electron chi connectivity index (χ2n) is 7.20. The van der Waals surface area contributed by atoms with E-state index in [1.165, 1.54) is 34.8 Å². The Labute approximate surface area is 156 Å². The maximum atomic E-state index is 12.6. The number of nitrogens with one attached hydrogen (secondary N) is 2. The van der Waals surface area contributed by atoms with Crippen LogP contribution in [0.2, 0.25) is 0 Å². The van der Waals surface area contributed by atoms with Crippen molar-refractivity contribution >= 4 is 11.7 Å². The van der Waals surface area contributed by atoms with Gasteiger partial charge in [-0.25, -0.2) is 9.97 Å². The van der Waals surface area contributed by atoms with Gasteiger partial charge >= 0.3 is 0 Å². The summed E-state index contributed by atoms with van der Waals surface area (Å²) >= 11 is 0. The molecule has 2 heterocycles. The maximum absolute atomic E-state index is 12.6. The number of benzene rings is 1. The van der Waals surface area contributed by atoms with Gasteiger partial charge in [0, 0.05) is 5.56 Å². The zero-order valence-corrected chi connectivity index (χ0v) is 15.6. The second kappa shape index (κ2) is 6.98. The molecule has 2 aromatic heterocycles. The van der Waals surface area contributed by atoms with E-state index in [1.54, 1.807) is 6.92 Å². The van der Waals surface area contributed by atoms with Crippen LogP contribution in [0.5, 0.6) is 0 Å². The molecule has 0 saturated carbocycles. The first-order chi connectivity index (χ1) is 13.0. The number of nitrogens with zero attached hydrogens (tertiary/aromatic N) is 3. The van der Waals surface area contributed by atoms with Crippen molar-refractivity contribution < 1.29 is 4.79 Å². The van der Waals surface area contributed by atoms with Gasteiger partial charge in [0.2, 0.25) is 5.91 Å². The summed E-state index contributed by atoms with van der Waals surface area (Å²) in [5.74, 6) is 0.116. The number of carbonyl (C=O) groups excluding carboxylic acids is 1. The van der Waals surface area contributed by atoms with Gasteiger partial charge in [-0.3, -0.25) is 14.7 Å². The van der Waals surface area contributed by atoms with Crippen molar-refractivity contribution in [2.45, 2.75) is 52.0 Å². The SMILES string of the molecule is Cc1nc2nc[nH]n2c(=O)c1CC(=O)NC(C)c1ccc2c(c1)CCCC2. The van der Waals surface area contributed by atoms with Crippen molar-refractivity contribution in [1.82, 2.24) is 24.9 Å². The Morgan fingerprint density at radius 1 is 1.30 bits per heavy atom. The lowest BCUT2D eigenvalue weighted by atomic mass is 9.89. The van der Waals surface area contributed by atoms with E-state index in [4.69, 9.17) is 0 Å². The molecule has 7 nitrogen and oxygen atoms in total. The smallest absolute Gasteiger partial charge is 0.277 e. The fraction of sp³-hybridized carbons (Fsp3) is 0.400. The highest BCUT2D eigenvalue weighted by Gasteiger charge is 2.18. The van der Waals surface area contributed by atoms with Gasteiger partial charge in [-0.2, -0.15) is 4.52 Å². The van der Waals surface area contributed by atoms with Crippen molar-refractivity contribution in [2.24, 2.45) is 0 Å². The van der Waals surface area contributed by atoms with Gasteiger partial charge in [0.15, 0.2) is 0 Å². The van der Waals surface area contributed by atoms with Crippen molar-refractivity contribution in [1.29, 1.82) is 0 Å². The molecule has 1 atom stereocenters. The number of rotatable bonds is 4. The van der Waals surface area contributed by atoms with E-state index in [0.717, 1.165) is 18.4 Å². The molecule has 0 saturated heterocycles. The predicted octanol–water partition coefficient (Wildman–Crippen LogP) is 2.02. The summed E-state index contributed by atoms with van der Waals surface area (Å²) in [5.41, 5.74) is 4.54. The Bertz CT molecular complexity index is 1070. The monoisotopic (exact) mass is 365 g/mol. The molecule has 1 aliphatic rings. The molecular weight excluding hydrogens is 342 g/mol. The van der Waals surface area contributed by atoms with Gasteiger partial charge in [-0.1, -0.05) is 18.2 Å². The number of hydrogen-bond donors (Lipinski definition) is 2. The Hall–Kier alpha value is -2.96. The number of amides is 1. The van der Waals surface area contributed by atoms with Crippen molar-refractivity contribution in [3.05, 3.63) is 62.8 Å². The summed E-state index contributed by atoms with van der Waals surface area (Å²) in [5, 5.41) is 5.73. The average molecular weight is 365 g/mol. The Kier molecular flexibility index (Phi) is 4.51. The molecule has 2 N–H and O–H groups in total. The van der Waals surface area contributed by atoms with E-state index in [9.17, 15) is 9.59 Å². The summed E-state index contributed by atoms with van der Waals surface area (Å²) < 4.78 is 1.25. The lowest BCUT2D eigenvalue weighted by molar-refractivity contribution is -0.121. The summed E-state index contributed by atoms with van der Waals surface area (Å²) in [4.78, 5) is 33.3. The van der Waals surface area contributed by atoms with Crippen molar-refractivity contribution in [3.8, 4) is 0 Å². The molecule has 0 fully saturated rings. The molecule has 1 amide bonds. The van der Waals surface area contributed by atoms with E-state index < -0.39 is 0 Å². The standard InChI is InChI=1S/C20H23N5O2/c1-12(15-8-7-14-5-3-4-6-16(14)9-15)23-18(26)10-17-13(2)24-20-21-11-22-25(20)19(17)27/h7-9,11-12H,3-6,10H2,1-2H3,(H,23,26)(H,21,22,24). The summed E-state index contributed by atoms with van der Waals surface area (Å²) in [6.07, 6.45) is 6.13. The van der Waals surface area contributed by atoms with E-state index in [2.05, 4.69) is 38.6 Å². The number of aromatic amines is 1. The van der Waals surface area contributed by atoms with Crippen LogP contribution in [0.15, 0.2) is 29.3 Å². The summed E-state index contributed by atoms with van der Waals surface area (Å²) in [6.45, 7) is 3.70. The van der Waals surface area contributed by atoms with Crippen LogP contribution in [0.3, 0.4) is 0 Å². The average Bonchev–Trinajstić information content (AvgIpc) is 3.13. The van der Waals surface area contributed by atoms with Gasteiger partial charge in [0.1, 0.15) is 6.33 Å². The minimum Gasteiger partial charge on any atom is -0.349 e. The third-order valence-electron chi connectivity index (χ3n) is 5.32. The van der Waals surface area contributed by atoms with Gasteiger partial charge in [0.05, 0.1) is 18.2 Å². The number of H-pyrrole nitrogens is 1. The van der Waals surface area contributed by atoms with E-state index in [-0.39, 0.29) is 23.9 Å². The van der Waals surface area contributed by atoms with Gasteiger partial charge in [-0.15, -0.1) is 0 Å². The lowest BCUT2D eigenvalue weighted by Gasteiger charge is -2.20. The lowest BCUT2D eigenvalue weighted by Crippen LogP contribution is -2.32. The van der Waals surface area contributed by atoms with Crippen LogP contribution in [0.1, 0.15) is 53.8 Å². The fourth-order valence-electron chi connectivity index (χ4n) is 3.76. The van der Waals surface area contributed by atoms with E-state index >= 15 is 0 Å². The highest BCUT2D eigenvalue weighted by molar-refractivity contribution is 5.79. The molecule has 3 aromatic rings. The van der Waals surface area contributed by atoms with Gasteiger partial charge in [0.25, 0.3) is 11.3 Å². The predicted molar refractivity (Wildman–Crippen MR) is 102 cm³/mol. The molecule has 1 aromatic carbocycles. The quantitative estimate of drug-likeness (QED) is 0.740. The summed E-state index contributed by atoms with van der Waals surface area (Å²) in [6, 6.07) is 6.36. The minimum atomic E-state index is -0.286. The maximum Gasteiger partial charge on any atom is 0.277 e. The van der Waals surface area contributed by atoms with Crippen LogP contribution in [-0.4, -0.2) is 25.5 Å². The fourth-order valence-corrected chi connectivity index (χ4v) is 3.76. The topological polar surface area (TPSA) is 92.2 Å². The van der Waals surface area contributed by atoms with Crippen molar-refractivity contribution in [2.75, 3.05) is 0 Å². The van der Waals surface area contributed by atoms with Crippen LogP contribution in [-0.2, 0) is 24.1 Å². The molecule has 0 spiro atoms. The highest BCUT2D eigenvalue weighted by atomic mass is 16.2. The third-order valence-corrected chi connectivity index (χ3v) is 5.32. The molecule has 0 radical (unpaired) electrons. The Balaban J connectivity index is 1.50. The van der Waals surface area contributed by atoms with Gasteiger partial charge < -0.3 is 5.32 Å². The Morgan fingerprint density at radius 3 is 2.89 bits per heavy atom. The molecule has 140 valence electrons. The highest BCUT2D eigenvalue weighted by Crippen LogP contribution is 2.24. The largest absolute Gasteiger partial charge is 0.349 e. The zero-order valence-electron chi connectivity index (χ0n) is 15.6. The molecule has 0 aliphatic heterocycles.